The van der Waals surface area contributed by atoms with E-state index in [2.05, 4.69) is 6.58 Å². The molecule has 0 amide bonds. The average Bonchev–Trinajstić information content (AvgIpc) is 2.73. The number of benzene rings is 4. The van der Waals surface area contributed by atoms with E-state index in [4.69, 9.17) is 0 Å². The Bertz CT molecular complexity index is 1210. The van der Waals surface area contributed by atoms with Crippen molar-refractivity contribution in [2.24, 2.45) is 0 Å². The maximum absolute atomic E-state index is 15.2. The lowest BCUT2D eigenvalue weighted by Crippen LogP contribution is -1.95. The van der Waals surface area contributed by atoms with Crippen LogP contribution in [-0.4, -0.2) is 0 Å². The van der Waals surface area contributed by atoms with Crippen LogP contribution in [0.4, 0.5) is 13.2 Å². The monoisotopic (exact) mass is 402 g/mol. The lowest BCUT2D eigenvalue weighted by molar-refractivity contribution is 0.590. The molecule has 0 aromatic heterocycles. The van der Waals surface area contributed by atoms with Gasteiger partial charge >= 0.3 is 0 Å². The molecule has 0 saturated carbocycles. The van der Waals surface area contributed by atoms with Crippen molar-refractivity contribution in [1.29, 1.82) is 0 Å². The summed E-state index contributed by atoms with van der Waals surface area (Å²) in [6, 6.07) is 18.2. The number of aryl methyl sites for hydroxylation is 2. The van der Waals surface area contributed by atoms with Crippen LogP contribution in [-0.2, 0) is 6.42 Å². The molecule has 0 fully saturated rings. The summed E-state index contributed by atoms with van der Waals surface area (Å²) in [5.74, 6) is -1.91. The van der Waals surface area contributed by atoms with Gasteiger partial charge in [-0.3, -0.25) is 0 Å². The van der Waals surface area contributed by atoms with Gasteiger partial charge in [0.15, 0.2) is 0 Å². The van der Waals surface area contributed by atoms with Gasteiger partial charge in [-0.1, -0.05) is 66.2 Å². The number of hydrogen-bond acceptors (Lipinski definition) is 0. The maximum atomic E-state index is 15.2. The highest BCUT2D eigenvalue weighted by Gasteiger charge is 2.17. The van der Waals surface area contributed by atoms with Crippen LogP contribution in [0.3, 0.4) is 0 Å². The van der Waals surface area contributed by atoms with Crippen LogP contribution in [0.15, 0.2) is 79.4 Å². The van der Waals surface area contributed by atoms with E-state index in [-0.39, 0.29) is 16.7 Å². The summed E-state index contributed by atoms with van der Waals surface area (Å²) >= 11 is 0. The van der Waals surface area contributed by atoms with Gasteiger partial charge < -0.3 is 0 Å². The molecule has 0 nitrogen and oxygen atoms in total. The molecule has 3 heteroatoms. The smallest absolute Gasteiger partial charge is 0.138 e. The van der Waals surface area contributed by atoms with Crippen molar-refractivity contribution < 1.29 is 13.2 Å². The minimum Gasteiger partial charge on any atom is -0.206 e. The number of fused-ring (bicyclic) bond motifs is 1. The molecule has 150 valence electrons. The molecule has 0 heterocycles. The topological polar surface area (TPSA) is 0 Å². The van der Waals surface area contributed by atoms with Gasteiger partial charge in [0.2, 0.25) is 0 Å². The fraction of sp³-hybridized carbons (Fsp3) is 0.111. The Morgan fingerprint density at radius 1 is 0.800 bits per heavy atom. The van der Waals surface area contributed by atoms with Crippen molar-refractivity contribution in [3.63, 3.8) is 0 Å². The van der Waals surface area contributed by atoms with Gasteiger partial charge in [-0.15, -0.1) is 6.58 Å². The maximum Gasteiger partial charge on any atom is 0.138 e. The molecule has 0 saturated heterocycles. The van der Waals surface area contributed by atoms with Crippen LogP contribution in [0.1, 0.15) is 17.5 Å². The fourth-order valence-electron chi connectivity index (χ4n) is 3.71. The standard InChI is InChI=1S/C27H21F3/c1-3-4-5-18-8-12-22-20(14-18)11-13-23(27(22)30)21-15-24(28)26(25(29)16-21)19-9-6-17(2)7-10-19/h3,6-16H,1,4-5H2,2H3. The van der Waals surface area contributed by atoms with Gasteiger partial charge in [-0.25, -0.2) is 13.2 Å². The van der Waals surface area contributed by atoms with Gasteiger partial charge in [0, 0.05) is 10.9 Å². The van der Waals surface area contributed by atoms with E-state index in [1.807, 2.05) is 25.1 Å². The summed E-state index contributed by atoms with van der Waals surface area (Å²) in [5, 5.41) is 1.19. The summed E-state index contributed by atoms with van der Waals surface area (Å²) in [6.45, 7) is 5.63. The molecule has 0 unspecified atom stereocenters. The summed E-state index contributed by atoms with van der Waals surface area (Å²) in [6.07, 6.45) is 3.52. The van der Waals surface area contributed by atoms with Crippen molar-refractivity contribution in [2.45, 2.75) is 19.8 Å². The highest BCUT2D eigenvalue weighted by Crippen LogP contribution is 2.34. The first-order valence-electron chi connectivity index (χ1n) is 9.86. The molecule has 0 atom stereocenters. The lowest BCUT2D eigenvalue weighted by Gasteiger charge is -2.12. The largest absolute Gasteiger partial charge is 0.206 e. The predicted octanol–water partition coefficient (Wildman–Crippen LogP) is 8.02. The number of hydrogen-bond donors (Lipinski definition) is 0. The Labute approximate surface area is 174 Å². The average molecular weight is 402 g/mol. The van der Waals surface area contributed by atoms with Gasteiger partial charge in [-0.2, -0.15) is 0 Å². The fourth-order valence-corrected chi connectivity index (χ4v) is 3.71. The number of rotatable bonds is 5. The first kappa shape index (κ1) is 20.0. The third-order valence-electron chi connectivity index (χ3n) is 5.35. The second kappa shape index (κ2) is 8.19. The third kappa shape index (κ3) is 3.76. The van der Waals surface area contributed by atoms with E-state index in [0.717, 1.165) is 29.4 Å². The normalized spacial score (nSPS) is 11.1. The predicted molar refractivity (Wildman–Crippen MR) is 118 cm³/mol. The van der Waals surface area contributed by atoms with Crippen molar-refractivity contribution >= 4 is 10.8 Å². The molecule has 0 aliphatic rings. The summed E-state index contributed by atoms with van der Waals surface area (Å²) in [7, 11) is 0. The molecule has 4 aromatic carbocycles. The van der Waals surface area contributed by atoms with E-state index >= 15 is 4.39 Å². The van der Waals surface area contributed by atoms with Gasteiger partial charge in [0.25, 0.3) is 0 Å². The molecular formula is C27H21F3. The lowest BCUT2D eigenvalue weighted by atomic mass is 9.95. The van der Waals surface area contributed by atoms with E-state index in [0.29, 0.717) is 10.9 Å². The van der Waals surface area contributed by atoms with Crippen LogP contribution >= 0.6 is 0 Å². The van der Waals surface area contributed by atoms with Crippen LogP contribution < -0.4 is 0 Å². The van der Waals surface area contributed by atoms with E-state index in [9.17, 15) is 8.78 Å². The van der Waals surface area contributed by atoms with E-state index < -0.39 is 17.5 Å². The highest BCUT2D eigenvalue weighted by molar-refractivity contribution is 5.89. The van der Waals surface area contributed by atoms with Crippen LogP contribution in [0.2, 0.25) is 0 Å². The minimum atomic E-state index is -0.715. The van der Waals surface area contributed by atoms with Gasteiger partial charge in [0.1, 0.15) is 17.5 Å². The number of halogens is 3. The molecule has 30 heavy (non-hydrogen) atoms. The molecule has 0 radical (unpaired) electrons. The molecule has 4 rings (SSSR count). The quantitative estimate of drug-likeness (QED) is 0.297. The molecule has 0 aliphatic carbocycles. The zero-order valence-electron chi connectivity index (χ0n) is 16.7. The Kier molecular flexibility index (Phi) is 5.45. The molecule has 0 N–H and O–H groups in total. The van der Waals surface area contributed by atoms with Crippen LogP contribution in [0.5, 0.6) is 0 Å². The number of allylic oxidation sites excluding steroid dienone is 1. The summed E-state index contributed by atoms with van der Waals surface area (Å²) < 4.78 is 44.9. The zero-order valence-corrected chi connectivity index (χ0v) is 16.7. The van der Waals surface area contributed by atoms with E-state index in [1.165, 1.54) is 12.1 Å². The highest BCUT2D eigenvalue weighted by atomic mass is 19.1. The van der Waals surface area contributed by atoms with Crippen LogP contribution in [0.25, 0.3) is 33.0 Å². The SMILES string of the molecule is C=CCCc1ccc2c(F)c(-c3cc(F)c(-c4ccc(C)cc4)c(F)c3)ccc2c1. The van der Waals surface area contributed by atoms with Crippen molar-refractivity contribution in [3.05, 3.63) is 108 Å². The Balaban J connectivity index is 1.77. The first-order valence-corrected chi connectivity index (χ1v) is 9.86. The molecule has 0 aliphatic heterocycles. The van der Waals surface area contributed by atoms with E-state index in [1.54, 1.807) is 42.5 Å². The molecule has 0 spiro atoms. The Morgan fingerprint density at radius 3 is 2.17 bits per heavy atom. The first-order chi connectivity index (χ1) is 14.5. The second-order valence-electron chi connectivity index (χ2n) is 7.49. The Morgan fingerprint density at radius 2 is 1.50 bits per heavy atom. The van der Waals surface area contributed by atoms with Crippen molar-refractivity contribution in [3.8, 4) is 22.3 Å². The molecule has 0 bridgehead atoms. The summed E-state index contributed by atoms with van der Waals surface area (Å²) in [5.41, 5.74) is 2.79. The Hall–Kier alpha value is -3.33. The molecule has 4 aromatic rings. The third-order valence-corrected chi connectivity index (χ3v) is 5.35. The summed E-state index contributed by atoms with van der Waals surface area (Å²) in [4.78, 5) is 0. The minimum absolute atomic E-state index is 0.105. The van der Waals surface area contributed by atoms with Crippen molar-refractivity contribution in [2.75, 3.05) is 0 Å². The van der Waals surface area contributed by atoms with Gasteiger partial charge in [-0.05, 0) is 54.0 Å². The zero-order chi connectivity index (χ0) is 21.3. The van der Waals surface area contributed by atoms with Gasteiger partial charge in [0.05, 0.1) is 5.56 Å². The second-order valence-corrected chi connectivity index (χ2v) is 7.49. The van der Waals surface area contributed by atoms with Crippen molar-refractivity contribution in [1.82, 2.24) is 0 Å². The van der Waals surface area contributed by atoms with Crippen LogP contribution in [0, 0.1) is 24.4 Å². The molecular weight excluding hydrogens is 381 g/mol.